The van der Waals surface area contributed by atoms with Crippen LogP contribution in [0.15, 0.2) is 46.1 Å². The Kier molecular flexibility index (Phi) is 10.9. The highest BCUT2D eigenvalue weighted by Crippen LogP contribution is 2.47. The lowest BCUT2D eigenvalue weighted by molar-refractivity contribution is -0.119. The molecule has 2 aromatic rings. The molecule has 0 aliphatic carbocycles. The van der Waals surface area contributed by atoms with Gasteiger partial charge >= 0.3 is 13.4 Å². The number of carbonyl (C=O) groups is 1. The van der Waals surface area contributed by atoms with E-state index in [0.29, 0.717) is 0 Å². The van der Waals surface area contributed by atoms with Crippen molar-refractivity contribution in [2.24, 2.45) is 5.41 Å². The minimum Gasteiger partial charge on any atom is -0.395 e. The fraction of sp³-hybridized carbons (Fsp3) is 0.500. The van der Waals surface area contributed by atoms with Crippen molar-refractivity contribution >= 4 is 24.6 Å². The summed E-state index contributed by atoms with van der Waals surface area (Å²) in [6.45, 7) is 3.41. The Hall–Kier alpha value is -2.60. The van der Waals surface area contributed by atoms with Crippen LogP contribution in [0.25, 0.3) is 0 Å². The van der Waals surface area contributed by atoms with E-state index in [1.165, 1.54) is 6.92 Å². The number of aromatic nitrogens is 2. The van der Waals surface area contributed by atoms with Gasteiger partial charge < -0.3 is 14.9 Å². The molecule has 1 aliphatic heterocycles. The number of thioether (sulfide) groups is 1. The highest BCUT2D eigenvalue weighted by atomic mass is 32.2. The summed E-state index contributed by atoms with van der Waals surface area (Å²) in [6.07, 6.45) is 1.11. The van der Waals surface area contributed by atoms with Gasteiger partial charge in [-0.15, -0.1) is 6.42 Å². The van der Waals surface area contributed by atoms with Crippen LogP contribution < -0.4 is 16.3 Å². The fourth-order valence-corrected chi connectivity index (χ4v) is 5.95. The zero-order chi connectivity index (χ0) is 30.4. The normalized spacial score (nSPS) is 24.1. The Morgan fingerprint density at radius 2 is 2.02 bits per heavy atom. The number of terminal acetylenes is 1. The highest BCUT2D eigenvalue weighted by Gasteiger charge is 2.58. The van der Waals surface area contributed by atoms with Crippen LogP contribution in [0, 0.1) is 24.7 Å². The topological polar surface area (TPSA) is 169 Å². The third-order valence-corrected chi connectivity index (χ3v) is 9.06. The molecule has 12 nitrogen and oxygen atoms in total. The number of nitrogens with zero attached hydrogens (tertiary/aromatic N) is 1. The lowest BCUT2D eigenvalue weighted by atomic mass is 9.97. The monoisotopic (exact) mass is 613 g/mol. The van der Waals surface area contributed by atoms with Gasteiger partial charge in [0.15, 0.2) is 11.3 Å². The van der Waals surface area contributed by atoms with Gasteiger partial charge in [0.1, 0.15) is 12.2 Å². The van der Waals surface area contributed by atoms with E-state index in [4.69, 9.17) is 20.2 Å². The summed E-state index contributed by atoms with van der Waals surface area (Å²) in [6, 6.07) is 8.89. The number of ether oxygens (including phenoxy) is 1. The van der Waals surface area contributed by atoms with Crippen molar-refractivity contribution in [3.63, 3.8) is 0 Å². The molecule has 224 valence electrons. The van der Waals surface area contributed by atoms with Crippen LogP contribution in [0.1, 0.15) is 31.2 Å². The van der Waals surface area contributed by atoms with Crippen LogP contribution >= 0.6 is 19.5 Å². The Morgan fingerprint density at radius 1 is 1.34 bits per heavy atom. The van der Waals surface area contributed by atoms with Gasteiger partial charge in [-0.2, -0.15) is 0 Å². The van der Waals surface area contributed by atoms with E-state index < -0.39 is 55.1 Å². The first-order chi connectivity index (χ1) is 19.3. The maximum atomic E-state index is 15.8. The van der Waals surface area contributed by atoms with Gasteiger partial charge in [0.2, 0.25) is 5.67 Å². The summed E-state index contributed by atoms with van der Waals surface area (Å²) in [5.41, 5.74) is -4.74. The number of alkyl halides is 1. The van der Waals surface area contributed by atoms with Gasteiger partial charge in [-0.25, -0.2) is 18.8 Å². The molecular formula is C26H33FN3O9PS. The molecule has 0 radical (unpaired) electrons. The molecule has 1 aromatic heterocycles. The Balaban J connectivity index is 1.75. The van der Waals surface area contributed by atoms with E-state index in [9.17, 15) is 29.2 Å². The van der Waals surface area contributed by atoms with Crippen molar-refractivity contribution in [3.05, 3.63) is 68.5 Å². The largest absolute Gasteiger partial charge is 0.405 e. The Morgan fingerprint density at radius 3 is 2.66 bits per heavy atom. The van der Waals surface area contributed by atoms with Crippen molar-refractivity contribution in [1.29, 1.82) is 0 Å². The molecule has 0 amide bonds. The first-order valence-corrected chi connectivity index (χ1v) is 15.1. The standard InChI is InChI=1S/C26H33FN3O9PS/c1-5-26(27)20(32)19(39-22(26)30-14-17(2)21(33)29-24(30)35)15-38-40(36,28-13-18-9-7-6-8-10-18)37-11-12-41-23(34)25(3,4)16-31/h1,6-10,14,19-20,22,31-32H,11-13,15-16H2,2-4H3,(H,28,36)(H,29,33,35)/t19-,20-,22-,26-,40?/m1/s1. The number of carbonyl (C=O) groups excluding carboxylic acids is 1. The lowest BCUT2D eigenvalue weighted by Gasteiger charge is -2.24. The number of aryl methyl sites for hydroxylation is 1. The lowest BCUT2D eigenvalue weighted by Crippen LogP contribution is -2.45. The van der Waals surface area contributed by atoms with Crippen LogP contribution in [-0.4, -0.2) is 68.3 Å². The van der Waals surface area contributed by atoms with Crippen LogP contribution in [0.5, 0.6) is 0 Å². The number of hydrogen-bond donors (Lipinski definition) is 4. The van der Waals surface area contributed by atoms with Gasteiger partial charge in [0.25, 0.3) is 5.56 Å². The Bertz CT molecular complexity index is 1430. The molecule has 2 heterocycles. The molecule has 1 aromatic carbocycles. The second kappa shape index (κ2) is 13.6. The number of H-pyrrole nitrogens is 1. The summed E-state index contributed by atoms with van der Waals surface area (Å²) in [5.74, 6) is 1.92. The van der Waals surface area contributed by atoms with E-state index in [2.05, 4.69) is 5.09 Å². The van der Waals surface area contributed by atoms with Gasteiger partial charge in [0.05, 0.1) is 25.2 Å². The van der Waals surface area contributed by atoms with Crippen LogP contribution in [0.4, 0.5) is 4.39 Å². The van der Waals surface area contributed by atoms with Gasteiger partial charge in [-0.05, 0) is 26.3 Å². The summed E-state index contributed by atoms with van der Waals surface area (Å²) < 4.78 is 46.7. The second-order valence-electron chi connectivity index (χ2n) is 9.99. The van der Waals surface area contributed by atoms with Crippen molar-refractivity contribution < 1.29 is 37.7 Å². The number of benzene rings is 1. The highest BCUT2D eigenvalue weighted by molar-refractivity contribution is 8.13. The number of nitrogens with one attached hydrogen (secondary N) is 2. The zero-order valence-electron chi connectivity index (χ0n) is 22.7. The van der Waals surface area contributed by atoms with Crippen LogP contribution in [0.3, 0.4) is 0 Å². The third-order valence-electron chi connectivity index (χ3n) is 6.32. The number of halogens is 1. The van der Waals surface area contributed by atoms with E-state index >= 15 is 4.39 Å². The van der Waals surface area contributed by atoms with Gasteiger partial charge in [-0.3, -0.25) is 28.2 Å². The minimum atomic E-state index is -4.14. The number of hydrogen-bond acceptors (Lipinski definition) is 10. The van der Waals surface area contributed by atoms with E-state index in [0.717, 1.165) is 28.1 Å². The van der Waals surface area contributed by atoms with E-state index in [-0.39, 0.29) is 36.2 Å². The van der Waals surface area contributed by atoms with E-state index in [1.807, 2.05) is 10.9 Å². The summed E-state index contributed by atoms with van der Waals surface area (Å²) in [4.78, 5) is 38.4. The van der Waals surface area contributed by atoms with Crippen molar-refractivity contribution in [2.45, 2.75) is 51.4 Å². The number of aliphatic hydroxyl groups excluding tert-OH is 2. The summed E-state index contributed by atoms with van der Waals surface area (Å²) in [7, 11) is -4.14. The fourth-order valence-electron chi connectivity index (χ4n) is 3.71. The average molecular weight is 614 g/mol. The van der Waals surface area contributed by atoms with Crippen molar-refractivity contribution in [2.75, 3.05) is 25.6 Å². The maximum Gasteiger partial charge on any atom is 0.405 e. The predicted octanol–water partition coefficient (Wildman–Crippen LogP) is 1.65. The average Bonchev–Trinajstić information content (AvgIpc) is 3.21. The molecule has 3 rings (SSSR count). The van der Waals surface area contributed by atoms with Crippen molar-refractivity contribution in [1.82, 2.24) is 14.6 Å². The molecular weight excluding hydrogens is 580 g/mol. The number of rotatable bonds is 13. The summed E-state index contributed by atoms with van der Waals surface area (Å²) in [5, 5.41) is 22.5. The second-order valence-corrected chi connectivity index (χ2v) is 12.9. The van der Waals surface area contributed by atoms with Crippen LogP contribution in [0.2, 0.25) is 0 Å². The molecule has 41 heavy (non-hydrogen) atoms. The molecule has 1 unspecified atom stereocenters. The van der Waals surface area contributed by atoms with Gasteiger partial charge in [0, 0.05) is 24.1 Å². The molecule has 5 atom stereocenters. The minimum absolute atomic E-state index is 0.0574. The quantitative estimate of drug-likeness (QED) is 0.147. The maximum absolute atomic E-state index is 15.8. The third kappa shape index (κ3) is 7.82. The molecule has 0 saturated carbocycles. The number of aromatic amines is 1. The molecule has 15 heteroatoms. The van der Waals surface area contributed by atoms with Gasteiger partial charge in [-0.1, -0.05) is 48.0 Å². The molecule has 0 spiro atoms. The summed E-state index contributed by atoms with van der Waals surface area (Å²) >= 11 is 0.889. The van der Waals surface area contributed by atoms with E-state index in [1.54, 1.807) is 44.2 Å². The first kappa shape index (κ1) is 32.9. The molecule has 1 fully saturated rings. The van der Waals surface area contributed by atoms with Crippen LogP contribution in [-0.2, 0) is 29.7 Å². The zero-order valence-corrected chi connectivity index (χ0v) is 24.5. The first-order valence-electron chi connectivity index (χ1n) is 12.5. The Labute approximate surface area is 240 Å². The molecule has 1 aliphatic rings. The number of aliphatic hydroxyl groups is 2. The molecule has 4 N–H and O–H groups in total. The molecule has 0 bridgehead atoms. The smallest absolute Gasteiger partial charge is 0.395 e. The predicted molar refractivity (Wildman–Crippen MR) is 150 cm³/mol. The molecule has 1 saturated heterocycles. The van der Waals surface area contributed by atoms with Crippen molar-refractivity contribution in [3.8, 4) is 12.3 Å². The SMILES string of the molecule is C#C[C@@]1(F)[C@H](O)[C@@H](COP(=O)(NCc2ccccc2)OCCSC(=O)C(C)(C)CO)O[C@H]1n1cc(C)c(=O)[nH]c1=O.